The van der Waals surface area contributed by atoms with Crippen LogP contribution in [0.4, 0.5) is 0 Å². The Bertz CT molecular complexity index is 843. The van der Waals surface area contributed by atoms with Gasteiger partial charge in [0, 0.05) is 23.4 Å². The van der Waals surface area contributed by atoms with Gasteiger partial charge in [-0.05, 0) is 32.0 Å². The number of aromatic nitrogens is 5. The molecule has 3 aromatic heterocycles. The Labute approximate surface area is 141 Å². The van der Waals surface area contributed by atoms with Crippen molar-refractivity contribution in [3.05, 3.63) is 51.4 Å². The molecule has 0 unspecified atom stereocenters. The van der Waals surface area contributed by atoms with Crippen LogP contribution in [-0.2, 0) is 11.3 Å². The predicted octanol–water partition coefficient (Wildman–Crippen LogP) is 2.75. The van der Waals surface area contributed by atoms with Crippen LogP contribution in [0.25, 0.3) is 5.82 Å². The molecule has 0 saturated carbocycles. The number of aryl methyl sites for hydroxylation is 2. The van der Waals surface area contributed by atoms with Crippen LogP contribution < -0.4 is 0 Å². The van der Waals surface area contributed by atoms with E-state index in [0.717, 1.165) is 22.9 Å². The molecule has 0 aliphatic heterocycles. The highest BCUT2D eigenvalue weighted by atomic mass is 35.5. The molecular weight excluding hydrogens is 338 g/mol. The standard InChI is InChI=1S/C14H12ClN5O2S/c1-8-5-9(2)20(18-8)12-4-3-10(6-16-12)14(21)22-7-11-13(15)23-19-17-11/h3-6H,7H2,1-2H3. The zero-order chi connectivity index (χ0) is 16.4. The maximum atomic E-state index is 12.0. The molecule has 3 rings (SSSR count). The quantitative estimate of drug-likeness (QED) is 0.673. The number of halogens is 1. The number of hydrogen-bond acceptors (Lipinski definition) is 7. The van der Waals surface area contributed by atoms with E-state index in [1.807, 2.05) is 19.9 Å². The average Bonchev–Trinajstić information content (AvgIpc) is 3.10. The fraction of sp³-hybridized carbons (Fsp3) is 0.214. The van der Waals surface area contributed by atoms with Gasteiger partial charge in [-0.25, -0.2) is 14.5 Å². The molecule has 0 N–H and O–H groups in total. The summed E-state index contributed by atoms with van der Waals surface area (Å²) in [6.07, 6.45) is 1.45. The van der Waals surface area contributed by atoms with Gasteiger partial charge in [-0.1, -0.05) is 16.1 Å². The van der Waals surface area contributed by atoms with E-state index >= 15 is 0 Å². The molecule has 7 nitrogen and oxygen atoms in total. The van der Waals surface area contributed by atoms with E-state index in [1.54, 1.807) is 16.8 Å². The molecule has 0 spiro atoms. The summed E-state index contributed by atoms with van der Waals surface area (Å²) in [5.74, 6) is 0.139. The van der Waals surface area contributed by atoms with E-state index < -0.39 is 5.97 Å². The molecular formula is C14H12ClN5O2S. The molecule has 0 saturated heterocycles. The van der Waals surface area contributed by atoms with Crippen molar-refractivity contribution in [3.63, 3.8) is 0 Å². The zero-order valence-corrected chi connectivity index (χ0v) is 13.9. The van der Waals surface area contributed by atoms with Gasteiger partial charge in [-0.15, -0.1) is 5.10 Å². The number of carbonyl (C=O) groups excluding carboxylic acids is 1. The third-order valence-corrected chi connectivity index (χ3v) is 4.04. The van der Waals surface area contributed by atoms with Gasteiger partial charge in [0.2, 0.25) is 0 Å². The summed E-state index contributed by atoms with van der Waals surface area (Å²) in [6.45, 7) is 3.83. The molecule has 3 aromatic rings. The molecule has 0 aliphatic carbocycles. The van der Waals surface area contributed by atoms with E-state index in [1.165, 1.54) is 6.20 Å². The molecule has 0 fully saturated rings. The molecule has 9 heteroatoms. The molecule has 0 aromatic carbocycles. The highest BCUT2D eigenvalue weighted by Gasteiger charge is 2.12. The highest BCUT2D eigenvalue weighted by molar-refractivity contribution is 7.10. The highest BCUT2D eigenvalue weighted by Crippen LogP contribution is 2.18. The minimum Gasteiger partial charge on any atom is -0.455 e. The first-order chi connectivity index (χ1) is 11.0. The molecule has 118 valence electrons. The second kappa shape index (κ2) is 6.43. The van der Waals surface area contributed by atoms with E-state index in [2.05, 4.69) is 19.7 Å². The zero-order valence-electron chi connectivity index (χ0n) is 12.4. The molecule has 0 aliphatic rings. The van der Waals surface area contributed by atoms with Crippen LogP contribution in [-0.4, -0.2) is 30.3 Å². The molecule has 23 heavy (non-hydrogen) atoms. The van der Waals surface area contributed by atoms with Gasteiger partial charge in [0.1, 0.15) is 16.6 Å². The van der Waals surface area contributed by atoms with Crippen LogP contribution in [0.1, 0.15) is 27.4 Å². The summed E-state index contributed by atoms with van der Waals surface area (Å²) < 4.78 is 10.9. The van der Waals surface area contributed by atoms with Crippen molar-refractivity contribution in [2.24, 2.45) is 0 Å². The number of esters is 1. The number of pyridine rings is 1. The number of ether oxygens (including phenoxy) is 1. The monoisotopic (exact) mass is 349 g/mol. The summed E-state index contributed by atoms with van der Waals surface area (Å²) in [6, 6.07) is 5.31. The van der Waals surface area contributed by atoms with Crippen molar-refractivity contribution < 1.29 is 9.53 Å². The Balaban J connectivity index is 1.70. The lowest BCUT2D eigenvalue weighted by molar-refractivity contribution is 0.0467. The Morgan fingerprint density at radius 3 is 2.78 bits per heavy atom. The molecule has 3 heterocycles. The SMILES string of the molecule is Cc1cc(C)n(-c2ccc(C(=O)OCc3nnsc3Cl)cn2)n1. The second-order valence-corrected chi connectivity index (χ2v) is 6.17. The Hall–Kier alpha value is -2.32. The lowest BCUT2D eigenvalue weighted by Crippen LogP contribution is -2.08. The predicted molar refractivity (Wildman–Crippen MR) is 84.9 cm³/mol. The van der Waals surface area contributed by atoms with Crippen molar-refractivity contribution in [1.29, 1.82) is 0 Å². The third kappa shape index (κ3) is 3.38. The topological polar surface area (TPSA) is 82.8 Å². The van der Waals surface area contributed by atoms with Crippen molar-refractivity contribution in [2.45, 2.75) is 20.5 Å². The summed E-state index contributed by atoms with van der Waals surface area (Å²) in [7, 11) is 0. The normalized spacial score (nSPS) is 10.7. The molecule has 0 atom stereocenters. The fourth-order valence-corrected chi connectivity index (χ4v) is 2.59. The maximum absolute atomic E-state index is 12.0. The fourth-order valence-electron chi connectivity index (χ4n) is 1.99. The second-order valence-electron chi connectivity index (χ2n) is 4.81. The van der Waals surface area contributed by atoms with Crippen molar-refractivity contribution >= 4 is 29.1 Å². The number of carbonyl (C=O) groups is 1. The summed E-state index contributed by atoms with van der Waals surface area (Å²) in [5, 5.41) is 8.12. The lowest BCUT2D eigenvalue weighted by Gasteiger charge is -2.05. The van der Waals surface area contributed by atoms with Gasteiger partial charge < -0.3 is 4.74 Å². The van der Waals surface area contributed by atoms with Gasteiger partial charge in [0.05, 0.1) is 11.3 Å². The van der Waals surface area contributed by atoms with Crippen LogP contribution in [0.5, 0.6) is 0 Å². The van der Waals surface area contributed by atoms with Gasteiger partial charge in [0.15, 0.2) is 5.82 Å². The summed E-state index contributed by atoms with van der Waals surface area (Å²) in [4.78, 5) is 16.3. The average molecular weight is 350 g/mol. The van der Waals surface area contributed by atoms with Gasteiger partial charge in [-0.2, -0.15) is 5.10 Å². The number of rotatable bonds is 4. The largest absolute Gasteiger partial charge is 0.455 e. The van der Waals surface area contributed by atoms with E-state index in [9.17, 15) is 4.79 Å². The van der Waals surface area contributed by atoms with Crippen LogP contribution in [0.15, 0.2) is 24.4 Å². The minimum atomic E-state index is -0.499. The first-order valence-electron chi connectivity index (χ1n) is 6.68. The molecule has 0 radical (unpaired) electrons. The third-order valence-electron chi connectivity index (χ3n) is 3.06. The maximum Gasteiger partial charge on any atom is 0.340 e. The van der Waals surface area contributed by atoms with Crippen molar-refractivity contribution in [1.82, 2.24) is 24.4 Å². The smallest absolute Gasteiger partial charge is 0.340 e. The first-order valence-corrected chi connectivity index (χ1v) is 7.83. The summed E-state index contributed by atoms with van der Waals surface area (Å²) >= 11 is 6.90. The van der Waals surface area contributed by atoms with Gasteiger partial charge in [0.25, 0.3) is 0 Å². The Morgan fingerprint density at radius 2 is 2.22 bits per heavy atom. The van der Waals surface area contributed by atoms with Gasteiger partial charge in [-0.3, -0.25) is 0 Å². The minimum absolute atomic E-state index is 0.0205. The number of nitrogens with zero attached hydrogens (tertiary/aromatic N) is 5. The van der Waals surface area contributed by atoms with Crippen LogP contribution in [0.3, 0.4) is 0 Å². The number of hydrogen-bond donors (Lipinski definition) is 0. The Morgan fingerprint density at radius 1 is 1.39 bits per heavy atom. The van der Waals surface area contributed by atoms with Crippen molar-refractivity contribution in [3.8, 4) is 5.82 Å². The lowest BCUT2D eigenvalue weighted by atomic mass is 10.3. The summed E-state index contributed by atoms with van der Waals surface area (Å²) in [5.41, 5.74) is 2.66. The van der Waals surface area contributed by atoms with Crippen LogP contribution in [0.2, 0.25) is 4.34 Å². The van der Waals surface area contributed by atoms with E-state index in [-0.39, 0.29) is 6.61 Å². The van der Waals surface area contributed by atoms with Crippen LogP contribution in [0, 0.1) is 13.8 Å². The Kier molecular flexibility index (Phi) is 4.35. The molecule has 0 bridgehead atoms. The molecule has 0 amide bonds. The van der Waals surface area contributed by atoms with E-state index in [0.29, 0.717) is 21.4 Å². The van der Waals surface area contributed by atoms with E-state index in [4.69, 9.17) is 16.3 Å². The first kappa shape index (κ1) is 15.6. The van der Waals surface area contributed by atoms with Crippen molar-refractivity contribution in [2.75, 3.05) is 0 Å². The van der Waals surface area contributed by atoms with Gasteiger partial charge >= 0.3 is 5.97 Å². The van der Waals surface area contributed by atoms with Crippen LogP contribution >= 0.6 is 23.1 Å².